The molecule has 1 saturated heterocycles. The average Bonchev–Trinajstić information content (AvgIpc) is 3.84. The Balaban J connectivity index is 1.78. The summed E-state index contributed by atoms with van der Waals surface area (Å²) >= 11 is 9.07. The SMILES string of the molecule is CC[C@H](C)[C@H](NC(=O)[C@H](Cc1ccc(OC)cc1)NC(=O)CC1(S)CCCCC1)C(=O)N[C@H](C(=O)N[C@@H](CC(N)=O)C(=O)N[C@H](CS)C(=O)N1CCC[C@H]1C(=O)N[C@@H](CCCN)C(=O)NCC(N)=O)[C@@H](C)O. The van der Waals surface area contributed by atoms with Gasteiger partial charge in [-0.3, -0.25) is 47.9 Å². The molecule has 72 heavy (non-hydrogen) atoms. The number of nitrogens with one attached hydrogen (secondary N) is 7. The van der Waals surface area contributed by atoms with Crippen molar-refractivity contribution in [3.8, 4) is 5.75 Å². The van der Waals surface area contributed by atoms with E-state index in [0.29, 0.717) is 30.6 Å². The minimum atomic E-state index is -1.77. The predicted octanol–water partition coefficient (Wildman–Crippen LogP) is -2.27. The van der Waals surface area contributed by atoms with Crippen molar-refractivity contribution in [3.63, 3.8) is 0 Å². The van der Waals surface area contributed by atoms with Crippen molar-refractivity contribution in [3.05, 3.63) is 29.8 Å². The van der Waals surface area contributed by atoms with Gasteiger partial charge in [0, 0.05) is 29.9 Å². The molecular formula is C47H75N11O12S2. The molecule has 0 spiro atoms. The fraction of sp³-hybridized carbons (Fsp3) is 0.660. The molecule has 0 aromatic heterocycles. The van der Waals surface area contributed by atoms with Gasteiger partial charge in [-0.25, -0.2) is 0 Å². The number of carbonyl (C=O) groups excluding carboxylic acids is 10. The molecule has 9 atom stereocenters. The van der Waals surface area contributed by atoms with Gasteiger partial charge in [-0.05, 0) is 75.6 Å². The van der Waals surface area contributed by atoms with Crippen LogP contribution in [0.2, 0.25) is 0 Å². The lowest BCUT2D eigenvalue weighted by Gasteiger charge is -2.33. The van der Waals surface area contributed by atoms with Gasteiger partial charge in [-0.15, -0.1) is 0 Å². The standard InChI is InChI=1S/C47H75N11O12S2/c1-5-26(2)38(56-42(65)31(21-28-13-15-29(70-4)16-14-28)52-37(62)23-47(72)17-7-6-8-18-47)44(67)57-39(27(3)59)45(68)54-32(22-35(49)60)41(64)55-33(25-71)46(69)58-20-10-12-34(58)43(66)53-30(11-9-19-48)40(63)51-24-36(50)61/h13-16,26-27,30-34,38-39,59,71-72H,5-12,17-25,48H2,1-4H3,(H2,49,60)(H2,50,61)(H,51,63)(H,52,62)(H,53,66)(H,54,68)(H,55,64)(H,56,65)(H,57,67)/t26-,27+,30-,31-,32-,33+,34-,38-,39-/m0/s1. The number of likely N-dealkylation sites (tertiary alicyclic amines) is 1. The zero-order valence-corrected chi connectivity index (χ0v) is 43.3. The number of benzene rings is 1. The molecule has 14 N–H and O–H groups in total. The number of hydrogen-bond donors (Lipinski definition) is 13. The lowest BCUT2D eigenvalue weighted by Crippen LogP contribution is -2.63. The van der Waals surface area contributed by atoms with Crippen LogP contribution in [0, 0.1) is 5.92 Å². The number of aliphatic hydroxyl groups is 1. The second-order valence-corrected chi connectivity index (χ2v) is 19.9. The Kier molecular flexibility index (Phi) is 25.1. The van der Waals surface area contributed by atoms with Crippen LogP contribution in [0.1, 0.15) is 103 Å². The topological polar surface area (TPSA) is 366 Å². The number of hydrogen-bond acceptors (Lipinski definition) is 15. The summed E-state index contributed by atoms with van der Waals surface area (Å²) in [5, 5.41) is 28.6. The Hall–Kier alpha value is -5.66. The first kappa shape index (κ1) is 60.6. The fourth-order valence-electron chi connectivity index (χ4n) is 8.53. The Morgan fingerprint density at radius 1 is 0.778 bits per heavy atom. The second kappa shape index (κ2) is 29.8. The Bertz CT molecular complexity index is 2060. The summed E-state index contributed by atoms with van der Waals surface area (Å²) in [6.07, 6.45) is 3.49. The highest BCUT2D eigenvalue weighted by Gasteiger charge is 2.41. The van der Waals surface area contributed by atoms with Crippen LogP contribution in [-0.4, -0.2) is 155 Å². The van der Waals surface area contributed by atoms with Crippen LogP contribution in [0.5, 0.6) is 5.75 Å². The maximum Gasteiger partial charge on any atom is 0.246 e. The van der Waals surface area contributed by atoms with Gasteiger partial charge in [0.05, 0.1) is 26.2 Å². The first-order valence-corrected chi connectivity index (χ1v) is 25.4. The Morgan fingerprint density at radius 3 is 1.96 bits per heavy atom. The smallest absolute Gasteiger partial charge is 0.246 e. The van der Waals surface area contributed by atoms with E-state index in [1.54, 1.807) is 38.1 Å². The normalized spacial score (nSPS) is 18.5. The molecule has 0 unspecified atom stereocenters. The molecule has 1 saturated carbocycles. The van der Waals surface area contributed by atoms with Crippen molar-refractivity contribution in [1.82, 2.24) is 42.1 Å². The minimum Gasteiger partial charge on any atom is -0.497 e. The van der Waals surface area contributed by atoms with Crippen LogP contribution >= 0.6 is 25.3 Å². The van der Waals surface area contributed by atoms with Gasteiger partial charge in [-0.1, -0.05) is 51.7 Å². The molecule has 0 bridgehead atoms. The van der Waals surface area contributed by atoms with Crippen molar-refractivity contribution in [1.29, 1.82) is 0 Å². The summed E-state index contributed by atoms with van der Waals surface area (Å²) in [6, 6.07) is -2.66. The lowest BCUT2D eigenvalue weighted by molar-refractivity contribution is -0.142. The van der Waals surface area contributed by atoms with Crippen molar-refractivity contribution in [2.75, 3.05) is 32.5 Å². The number of nitrogens with zero attached hydrogens (tertiary/aromatic N) is 1. The number of carbonyl (C=O) groups is 10. The highest BCUT2D eigenvalue weighted by Crippen LogP contribution is 2.36. The molecule has 10 amide bonds. The zero-order valence-electron chi connectivity index (χ0n) is 41.5. The Morgan fingerprint density at radius 2 is 1.39 bits per heavy atom. The van der Waals surface area contributed by atoms with E-state index in [-0.39, 0.29) is 44.5 Å². The highest BCUT2D eigenvalue weighted by atomic mass is 32.1. The summed E-state index contributed by atoms with van der Waals surface area (Å²) in [6.45, 7) is 4.46. The summed E-state index contributed by atoms with van der Waals surface area (Å²) in [5.41, 5.74) is 16.9. The first-order valence-electron chi connectivity index (χ1n) is 24.4. The number of primary amides is 2. The monoisotopic (exact) mass is 1050 g/mol. The van der Waals surface area contributed by atoms with Gasteiger partial charge in [0.15, 0.2) is 0 Å². The molecule has 402 valence electrons. The van der Waals surface area contributed by atoms with Crippen molar-refractivity contribution in [2.45, 2.75) is 157 Å². The summed E-state index contributed by atoms with van der Waals surface area (Å²) < 4.78 is 4.73. The third-order valence-electron chi connectivity index (χ3n) is 12.8. The molecule has 1 aliphatic heterocycles. The van der Waals surface area contributed by atoms with Gasteiger partial charge in [-0.2, -0.15) is 25.3 Å². The second-order valence-electron chi connectivity index (χ2n) is 18.6. The van der Waals surface area contributed by atoms with Crippen LogP contribution < -0.4 is 59.2 Å². The van der Waals surface area contributed by atoms with Gasteiger partial charge < -0.3 is 69.2 Å². The summed E-state index contributed by atoms with van der Waals surface area (Å²) in [4.78, 5) is 134. The number of methoxy groups -OCH3 is 1. The number of aliphatic hydroxyl groups excluding tert-OH is 1. The highest BCUT2D eigenvalue weighted by molar-refractivity contribution is 7.81. The van der Waals surface area contributed by atoms with Crippen LogP contribution in [0.15, 0.2) is 24.3 Å². The molecule has 1 aliphatic carbocycles. The van der Waals surface area contributed by atoms with Crippen molar-refractivity contribution >= 4 is 84.3 Å². The van der Waals surface area contributed by atoms with Crippen molar-refractivity contribution in [2.24, 2.45) is 23.1 Å². The van der Waals surface area contributed by atoms with E-state index in [2.05, 4.69) is 49.8 Å². The molecule has 23 nitrogen and oxygen atoms in total. The molecule has 2 aliphatic rings. The van der Waals surface area contributed by atoms with E-state index in [9.17, 15) is 53.1 Å². The number of rotatable bonds is 29. The maximum atomic E-state index is 14.2. The van der Waals surface area contributed by atoms with Crippen LogP contribution in [0.4, 0.5) is 0 Å². The number of ether oxygens (including phenoxy) is 1. The minimum absolute atomic E-state index is 0.0442. The van der Waals surface area contributed by atoms with E-state index >= 15 is 0 Å². The van der Waals surface area contributed by atoms with Gasteiger partial charge in [0.2, 0.25) is 59.1 Å². The van der Waals surface area contributed by atoms with Gasteiger partial charge >= 0.3 is 0 Å². The Labute approximate surface area is 431 Å². The predicted molar refractivity (Wildman–Crippen MR) is 272 cm³/mol. The summed E-state index contributed by atoms with van der Waals surface area (Å²) in [7, 11) is 1.51. The van der Waals surface area contributed by atoms with Crippen molar-refractivity contribution < 1.29 is 57.8 Å². The van der Waals surface area contributed by atoms with E-state index in [0.717, 1.165) is 32.1 Å². The zero-order chi connectivity index (χ0) is 53.7. The van der Waals surface area contributed by atoms with E-state index in [1.165, 1.54) is 18.9 Å². The quantitative estimate of drug-likeness (QED) is 0.0377. The molecular weight excluding hydrogens is 975 g/mol. The molecule has 3 rings (SSSR count). The van der Waals surface area contributed by atoms with E-state index in [1.807, 2.05) is 0 Å². The first-order chi connectivity index (χ1) is 34.1. The molecule has 0 radical (unpaired) electrons. The fourth-order valence-corrected chi connectivity index (χ4v) is 9.24. The van der Waals surface area contributed by atoms with Crippen LogP contribution in [0.25, 0.3) is 0 Å². The largest absolute Gasteiger partial charge is 0.497 e. The third-order valence-corrected chi connectivity index (χ3v) is 13.8. The van der Waals surface area contributed by atoms with E-state index in [4.69, 9.17) is 34.6 Å². The average molecular weight is 1050 g/mol. The van der Waals surface area contributed by atoms with Gasteiger partial charge in [0.1, 0.15) is 48.0 Å². The van der Waals surface area contributed by atoms with E-state index < -0.39 is 131 Å². The molecule has 1 aromatic carbocycles. The molecule has 1 heterocycles. The number of amides is 10. The lowest BCUT2D eigenvalue weighted by atomic mass is 9.85. The maximum absolute atomic E-state index is 14.2. The number of thiol groups is 2. The van der Waals surface area contributed by atoms with Gasteiger partial charge in [0.25, 0.3) is 0 Å². The molecule has 25 heteroatoms. The number of nitrogens with two attached hydrogens (primary N) is 3. The molecule has 1 aromatic rings. The third kappa shape index (κ3) is 19.1. The van der Waals surface area contributed by atoms with Crippen LogP contribution in [0.3, 0.4) is 0 Å². The van der Waals surface area contributed by atoms with Crippen LogP contribution in [-0.2, 0) is 54.4 Å². The summed E-state index contributed by atoms with van der Waals surface area (Å²) in [5.74, 6) is -8.41. The molecule has 2 fully saturated rings.